The second-order valence-corrected chi connectivity index (χ2v) is 2.52. The van der Waals surface area contributed by atoms with Crippen molar-refractivity contribution in [2.24, 2.45) is 0 Å². The molecule has 0 saturated heterocycles. The van der Waals surface area contributed by atoms with Gasteiger partial charge in [-0.15, -0.1) is 0 Å². The lowest BCUT2D eigenvalue weighted by atomic mass is 10.3. The third kappa shape index (κ3) is 2.62. The van der Waals surface area contributed by atoms with Gasteiger partial charge in [-0.25, -0.2) is 14.4 Å². The van der Waals surface area contributed by atoms with Crippen LogP contribution in [0, 0.1) is 5.82 Å². The summed E-state index contributed by atoms with van der Waals surface area (Å²) in [5, 5.41) is -0.0969. The van der Waals surface area contributed by atoms with Crippen molar-refractivity contribution >= 4 is 17.6 Å². The van der Waals surface area contributed by atoms with Gasteiger partial charge in [-0.3, -0.25) is 4.79 Å². The molecule has 4 nitrogen and oxygen atoms in total. The van der Waals surface area contributed by atoms with Crippen LogP contribution in [-0.4, -0.2) is 23.0 Å². The molecule has 13 heavy (non-hydrogen) atoms. The Labute approximate surface area is 78.7 Å². The van der Waals surface area contributed by atoms with Gasteiger partial charge in [0.1, 0.15) is 0 Å². The van der Waals surface area contributed by atoms with Crippen LogP contribution in [0.1, 0.15) is 5.69 Å². The number of carbonyl (C=O) groups is 1. The molecule has 0 radical (unpaired) electrons. The lowest BCUT2D eigenvalue weighted by Crippen LogP contribution is -2.08. The maximum absolute atomic E-state index is 12.9. The van der Waals surface area contributed by atoms with Gasteiger partial charge in [0.2, 0.25) is 5.28 Å². The molecule has 0 atom stereocenters. The molecule has 0 fully saturated rings. The quantitative estimate of drug-likeness (QED) is 0.533. The fraction of sp³-hybridized carbons (Fsp3) is 0.286. The Morgan fingerprint density at radius 1 is 1.77 bits per heavy atom. The molecule has 70 valence electrons. The second kappa shape index (κ2) is 4.13. The van der Waals surface area contributed by atoms with E-state index in [4.69, 9.17) is 11.6 Å². The number of hydrogen-bond donors (Lipinski definition) is 0. The van der Waals surface area contributed by atoms with E-state index in [0.29, 0.717) is 0 Å². The van der Waals surface area contributed by atoms with Gasteiger partial charge in [0, 0.05) is 0 Å². The van der Waals surface area contributed by atoms with Crippen LogP contribution in [-0.2, 0) is 16.0 Å². The Bertz CT molecular complexity index is 332. The molecule has 6 heteroatoms. The number of ether oxygens (including phenoxy) is 1. The highest BCUT2D eigenvalue weighted by Gasteiger charge is 2.10. The summed E-state index contributed by atoms with van der Waals surface area (Å²) in [4.78, 5) is 17.7. The van der Waals surface area contributed by atoms with E-state index in [0.717, 1.165) is 6.20 Å². The van der Waals surface area contributed by atoms with Gasteiger partial charge >= 0.3 is 5.97 Å². The van der Waals surface area contributed by atoms with Gasteiger partial charge in [-0.1, -0.05) is 0 Å². The van der Waals surface area contributed by atoms with E-state index >= 15 is 0 Å². The maximum atomic E-state index is 12.9. The van der Waals surface area contributed by atoms with Crippen molar-refractivity contribution in [3.8, 4) is 0 Å². The average molecular weight is 205 g/mol. The summed E-state index contributed by atoms with van der Waals surface area (Å²) in [7, 11) is 1.21. The first-order valence-corrected chi connectivity index (χ1v) is 3.75. The molecule has 0 amide bonds. The van der Waals surface area contributed by atoms with Crippen LogP contribution < -0.4 is 0 Å². The Morgan fingerprint density at radius 3 is 3.08 bits per heavy atom. The van der Waals surface area contributed by atoms with Crippen LogP contribution in [0.3, 0.4) is 0 Å². The first-order chi connectivity index (χ1) is 6.13. The summed E-state index contributed by atoms with van der Waals surface area (Å²) in [5.74, 6) is -1.25. The number of esters is 1. The number of methoxy groups -OCH3 is 1. The Hall–Kier alpha value is -1.23. The lowest BCUT2D eigenvalue weighted by Gasteiger charge is -2.00. The van der Waals surface area contributed by atoms with E-state index in [1.54, 1.807) is 0 Å². The van der Waals surface area contributed by atoms with Crippen molar-refractivity contribution in [3.05, 3.63) is 23.0 Å². The molecule has 0 aliphatic rings. The normalized spacial score (nSPS) is 9.77. The van der Waals surface area contributed by atoms with Gasteiger partial charge in [-0.05, 0) is 11.6 Å². The van der Waals surface area contributed by atoms with Gasteiger partial charge in [0.15, 0.2) is 5.82 Å². The molecular weight excluding hydrogens is 199 g/mol. The summed E-state index contributed by atoms with van der Waals surface area (Å²) >= 11 is 5.40. The number of hydrogen-bond acceptors (Lipinski definition) is 4. The molecule has 0 unspecified atom stereocenters. The number of rotatable bonds is 2. The van der Waals surface area contributed by atoms with Crippen molar-refractivity contribution < 1.29 is 13.9 Å². The van der Waals surface area contributed by atoms with Crippen LogP contribution in [0.4, 0.5) is 4.39 Å². The predicted molar refractivity (Wildman–Crippen MR) is 42.7 cm³/mol. The smallest absolute Gasteiger partial charge is 0.311 e. The van der Waals surface area contributed by atoms with E-state index < -0.39 is 11.8 Å². The van der Waals surface area contributed by atoms with Crippen LogP contribution in [0.15, 0.2) is 6.20 Å². The summed E-state index contributed by atoms with van der Waals surface area (Å²) in [6.45, 7) is 0. The standard InChI is InChI=1S/C7H6ClFN2O2/c1-13-6(12)2-5-4(9)3-10-7(8)11-5/h3H,2H2,1H3. The molecule has 1 heterocycles. The predicted octanol–water partition coefficient (Wildman–Crippen LogP) is 0.985. The van der Waals surface area contributed by atoms with E-state index in [1.165, 1.54) is 7.11 Å². The number of carbonyl (C=O) groups excluding carboxylic acids is 1. The first kappa shape index (κ1) is 9.85. The molecular formula is C7H6ClFN2O2. The van der Waals surface area contributed by atoms with Crippen molar-refractivity contribution in [1.29, 1.82) is 0 Å². The topological polar surface area (TPSA) is 52.1 Å². The van der Waals surface area contributed by atoms with E-state index in [-0.39, 0.29) is 17.4 Å². The van der Waals surface area contributed by atoms with Gasteiger partial charge in [0.05, 0.1) is 25.4 Å². The highest BCUT2D eigenvalue weighted by atomic mass is 35.5. The first-order valence-electron chi connectivity index (χ1n) is 3.37. The number of halogens is 2. The van der Waals surface area contributed by atoms with Gasteiger partial charge in [0.25, 0.3) is 0 Å². The maximum Gasteiger partial charge on any atom is 0.311 e. The van der Waals surface area contributed by atoms with Crippen molar-refractivity contribution in [2.75, 3.05) is 7.11 Å². The third-order valence-corrected chi connectivity index (χ3v) is 1.51. The van der Waals surface area contributed by atoms with Crippen molar-refractivity contribution in [3.63, 3.8) is 0 Å². The molecule has 1 aromatic heterocycles. The highest BCUT2D eigenvalue weighted by molar-refractivity contribution is 6.28. The summed E-state index contributed by atoms with van der Waals surface area (Å²) in [6, 6.07) is 0. The second-order valence-electron chi connectivity index (χ2n) is 2.19. The molecule has 0 aromatic carbocycles. The Morgan fingerprint density at radius 2 is 2.46 bits per heavy atom. The van der Waals surface area contributed by atoms with E-state index in [2.05, 4.69) is 14.7 Å². The summed E-state index contributed by atoms with van der Waals surface area (Å²) in [5.41, 5.74) is -0.0631. The fourth-order valence-corrected chi connectivity index (χ4v) is 0.862. The van der Waals surface area contributed by atoms with Crippen LogP contribution in [0.25, 0.3) is 0 Å². The molecule has 0 saturated carbocycles. The van der Waals surface area contributed by atoms with Crippen LogP contribution >= 0.6 is 11.6 Å². The monoisotopic (exact) mass is 204 g/mol. The van der Waals surface area contributed by atoms with Gasteiger partial charge < -0.3 is 4.74 Å². The van der Waals surface area contributed by atoms with E-state index in [1.807, 2.05) is 0 Å². The zero-order valence-corrected chi connectivity index (χ0v) is 7.51. The molecule has 0 N–H and O–H groups in total. The molecule has 0 aliphatic carbocycles. The minimum atomic E-state index is -0.671. The molecule has 0 spiro atoms. The Kier molecular flexibility index (Phi) is 3.13. The molecule has 1 rings (SSSR count). The minimum absolute atomic E-state index is 0.0631. The van der Waals surface area contributed by atoms with Gasteiger partial charge in [-0.2, -0.15) is 0 Å². The molecule has 1 aromatic rings. The minimum Gasteiger partial charge on any atom is -0.469 e. The van der Waals surface area contributed by atoms with Crippen LogP contribution in [0.2, 0.25) is 5.28 Å². The Balaban J connectivity index is 2.87. The largest absolute Gasteiger partial charge is 0.469 e. The molecule has 0 bridgehead atoms. The zero-order valence-electron chi connectivity index (χ0n) is 6.75. The number of nitrogens with zero attached hydrogens (tertiary/aromatic N) is 2. The average Bonchev–Trinajstić information content (AvgIpc) is 2.11. The van der Waals surface area contributed by atoms with E-state index in [9.17, 15) is 9.18 Å². The lowest BCUT2D eigenvalue weighted by molar-refractivity contribution is -0.139. The fourth-order valence-electron chi connectivity index (χ4n) is 0.711. The SMILES string of the molecule is COC(=O)Cc1nc(Cl)ncc1F. The van der Waals surface area contributed by atoms with Crippen molar-refractivity contribution in [2.45, 2.75) is 6.42 Å². The zero-order chi connectivity index (χ0) is 9.84. The van der Waals surface area contributed by atoms with Crippen molar-refractivity contribution in [1.82, 2.24) is 9.97 Å². The summed E-state index contributed by atoms with van der Waals surface area (Å²) in [6.07, 6.45) is 0.665. The third-order valence-electron chi connectivity index (χ3n) is 1.33. The summed E-state index contributed by atoms with van der Waals surface area (Å²) < 4.78 is 17.2. The highest BCUT2D eigenvalue weighted by Crippen LogP contribution is 2.07. The molecule has 0 aliphatic heterocycles. The van der Waals surface area contributed by atoms with Crippen LogP contribution in [0.5, 0.6) is 0 Å². The number of aromatic nitrogens is 2.